The lowest BCUT2D eigenvalue weighted by Gasteiger charge is -2.36. The van der Waals surface area contributed by atoms with Crippen molar-refractivity contribution < 1.29 is 4.79 Å². The summed E-state index contributed by atoms with van der Waals surface area (Å²) in [6.07, 6.45) is 4.01. The zero-order valence-corrected chi connectivity index (χ0v) is 18.3. The highest BCUT2D eigenvalue weighted by atomic mass is 16.2. The molecule has 154 valence electrons. The van der Waals surface area contributed by atoms with Crippen molar-refractivity contribution in [1.82, 2.24) is 19.4 Å². The number of pyridine rings is 1. The van der Waals surface area contributed by atoms with Gasteiger partial charge in [0.1, 0.15) is 13.5 Å². The molecule has 0 aliphatic carbocycles. The molecule has 1 saturated heterocycles. The van der Waals surface area contributed by atoms with Gasteiger partial charge in [-0.1, -0.05) is 23.7 Å². The van der Waals surface area contributed by atoms with Gasteiger partial charge in [-0.15, -0.1) is 0 Å². The summed E-state index contributed by atoms with van der Waals surface area (Å²) in [6, 6.07) is 12.5. The van der Waals surface area contributed by atoms with Gasteiger partial charge < -0.3 is 9.47 Å². The minimum absolute atomic E-state index is 0.0512. The highest BCUT2D eigenvalue weighted by molar-refractivity contribution is 6.38. The topological polar surface area (TPSA) is 41.4 Å². The van der Waals surface area contributed by atoms with Gasteiger partial charge in [0.05, 0.1) is 0 Å². The molecular weight excluding hydrogens is 371 g/mol. The van der Waals surface area contributed by atoms with Crippen molar-refractivity contribution in [3.63, 3.8) is 0 Å². The van der Waals surface area contributed by atoms with E-state index in [-0.39, 0.29) is 5.91 Å². The highest BCUT2D eigenvalue weighted by Crippen LogP contribution is 2.33. The van der Waals surface area contributed by atoms with Crippen LogP contribution in [-0.4, -0.2) is 60.3 Å². The van der Waals surface area contributed by atoms with E-state index < -0.39 is 0 Å². The van der Waals surface area contributed by atoms with Crippen LogP contribution in [0.3, 0.4) is 0 Å². The molecule has 1 fully saturated rings. The molecule has 3 aromatic rings. The molecule has 5 nitrogen and oxygen atoms in total. The lowest BCUT2D eigenvalue weighted by Crippen LogP contribution is -2.35. The number of fused-ring (bicyclic) bond motifs is 1. The molecule has 6 heteroatoms. The molecule has 4 rings (SSSR count). The highest BCUT2D eigenvalue weighted by Gasteiger charge is 2.26. The Morgan fingerprint density at radius 1 is 1.17 bits per heavy atom. The molecule has 0 N–H and O–H groups in total. The second-order valence-electron chi connectivity index (χ2n) is 8.57. The van der Waals surface area contributed by atoms with E-state index in [1.807, 2.05) is 18.2 Å². The van der Waals surface area contributed by atoms with Gasteiger partial charge in [-0.2, -0.15) is 0 Å². The van der Waals surface area contributed by atoms with Gasteiger partial charge in [-0.25, -0.2) is 4.98 Å². The van der Waals surface area contributed by atoms with Gasteiger partial charge in [-0.3, -0.25) is 9.69 Å². The average molecular weight is 400 g/mol. The largest absolute Gasteiger partial charge is 0.345 e. The van der Waals surface area contributed by atoms with Crippen LogP contribution < -0.4 is 5.46 Å². The van der Waals surface area contributed by atoms with Crippen LogP contribution in [0.4, 0.5) is 0 Å². The number of rotatable bonds is 4. The Labute approximate surface area is 180 Å². The number of likely N-dealkylation sites (tertiary alicyclic amines) is 1. The maximum Gasteiger partial charge on any atom is 0.253 e. The zero-order valence-electron chi connectivity index (χ0n) is 18.3. The van der Waals surface area contributed by atoms with E-state index in [0.717, 1.165) is 48.0 Å². The Kier molecular flexibility index (Phi) is 5.70. The molecule has 0 spiro atoms. The van der Waals surface area contributed by atoms with Crippen LogP contribution in [0.15, 0.2) is 42.6 Å². The summed E-state index contributed by atoms with van der Waals surface area (Å²) in [5, 5.41) is 1.03. The molecule has 1 atom stereocenters. The number of amides is 1. The first kappa shape index (κ1) is 20.7. The van der Waals surface area contributed by atoms with Crippen molar-refractivity contribution in [2.24, 2.45) is 7.05 Å². The Hall–Kier alpha value is -2.60. The van der Waals surface area contributed by atoms with E-state index in [9.17, 15) is 4.79 Å². The van der Waals surface area contributed by atoms with Gasteiger partial charge >= 0.3 is 0 Å². The van der Waals surface area contributed by atoms with Crippen molar-refractivity contribution in [3.05, 3.63) is 59.4 Å². The van der Waals surface area contributed by atoms with Crippen molar-refractivity contribution in [2.45, 2.75) is 31.7 Å². The first-order valence-corrected chi connectivity index (χ1v) is 10.6. The molecule has 2 radical (unpaired) electrons. The third kappa shape index (κ3) is 3.76. The lowest BCUT2D eigenvalue weighted by molar-refractivity contribution is 0.0827. The summed E-state index contributed by atoms with van der Waals surface area (Å²) in [4.78, 5) is 20.8. The van der Waals surface area contributed by atoms with E-state index in [4.69, 9.17) is 7.85 Å². The van der Waals surface area contributed by atoms with Gasteiger partial charge in [0.2, 0.25) is 0 Å². The predicted octanol–water partition coefficient (Wildman–Crippen LogP) is 3.01. The second-order valence-corrected chi connectivity index (χ2v) is 8.57. The molecule has 1 amide bonds. The standard InChI is InChI=1S/C24H29BN4O/c1-16(22-15-20-21(25)9-12-26-23(20)28(22)4)29-13-10-18(11-14-29)17-5-7-19(8-6-17)24(30)27(2)3/h5-9,12,15-16,18H,10-11,13-14H2,1-4H3. The van der Waals surface area contributed by atoms with E-state index in [0.29, 0.717) is 12.0 Å². The smallest absolute Gasteiger partial charge is 0.253 e. The minimum Gasteiger partial charge on any atom is -0.345 e. The molecule has 2 aromatic heterocycles. The average Bonchev–Trinajstić information content (AvgIpc) is 3.11. The summed E-state index contributed by atoms with van der Waals surface area (Å²) < 4.78 is 2.17. The number of aromatic nitrogens is 2. The van der Waals surface area contributed by atoms with Gasteiger partial charge in [0.25, 0.3) is 5.91 Å². The number of carbonyl (C=O) groups excluding carboxylic acids is 1. The van der Waals surface area contributed by atoms with E-state index in [1.165, 1.54) is 11.3 Å². The monoisotopic (exact) mass is 400 g/mol. The van der Waals surface area contributed by atoms with Crippen LogP contribution >= 0.6 is 0 Å². The maximum absolute atomic E-state index is 12.1. The molecule has 0 bridgehead atoms. The van der Waals surface area contributed by atoms with Crippen molar-refractivity contribution in [3.8, 4) is 0 Å². The van der Waals surface area contributed by atoms with Crippen molar-refractivity contribution >= 4 is 30.2 Å². The number of aryl methyl sites for hydroxylation is 1. The Balaban J connectivity index is 1.44. The second kappa shape index (κ2) is 8.27. The van der Waals surface area contributed by atoms with Crippen molar-refractivity contribution in [2.75, 3.05) is 27.2 Å². The predicted molar refractivity (Wildman–Crippen MR) is 123 cm³/mol. The lowest BCUT2D eigenvalue weighted by atomic mass is 9.88. The zero-order chi connectivity index (χ0) is 21.4. The minimum atomic E-state index is 0.0512. The number of hydrogen-bond acceptors (Lipinski definition) is 3. The molecule has 1 aromatic carbocycles. The fraction of sp³-hybridized carbons (Fsp3) is 0.417. The van der Waals surface area contributed by atoms with Crippen LogP contribution in [0.1, 0.15) is 53.3 Å². The van der Waals surface area contributed by atoms with Crippen molar-refractivity contribution in [1.29, 1.82) is 0 Å². The third-order valence-corrected chi connectivity index (χ3v) is 6.54. The van der Waals surface area contributed by atoms with Crippen LogP contribution in [0.2, 0.25) is 0 Å². The first-order chi connectivity index (χ1) is 14.4. The quantitative estimate of drug-likeness (QED) is 0.633. The number of benzene rings is 1. The molecule has 0 saturated carbocycles. The van der Waals surface area contributed by atoms with Crippen LogP contribution in [0.25, 0.3) is 11.0 Å². The Morgan fingerprint density at radius 3 is 2.43 bits per heavy atom. The van der Waals surface area contributed by atoms with Crippen LogP contribution in [0, 0.1) is 0 Å². The fourth-order valence-corrected chi connectivity index (χ4v) is 4.62. The summed E-state index contributed by atoms with van der Waals surface area (Å²) >= 11 is 0. The Bertz CT molecular complexity index is 1050. The fourth-order valence-electron chi connectivity index (χ4n) is 4.62. The summed E-state index contributed by atoms with van der Waals surface area (Å²) in [7, 11) is 11.8. The SMILES string of the molecule is [B]c1ccnc2c1cc(C(C)N1CCC(c3ccc(C(=O)N(C)C)cc3)CC1)n2C. The third-order valence-electron chi connectivity index (χ3n) is 6.54. The van der Waals surface area contributed by atoms with Gasteiger partial charge in [0, 0.05) is 50.0 Å². The van der Waals surface area contributed by atoms with Crippen LogP contribution in [0.5, 0.6) is 0 Å². The normalized spacial score (nSPS) is 16.7. The Morgan fingerprint density at radius 2 is 1.83 bits per heavy atom. The number of hydrogen-bond donors (Lipinski definition) is 0. The maximum atomic E-state index is 12.1. The number of piperidine rings is 1. The first-order valence-electron chi connectivity index (χ1n) is 10.6. The van der Waals surface area contributed by atoms with E-state index in [1.54, 1.807) is 25.2 Å². The molecule has 1 aliphatic heterocycles. The summed E-state index contributed by atoms with van der Waals surface area (Å²) in [6.45, 7) is 4.37. The van der Waals surface area contributed by atoms with Crippen LogP contribution in [-0.2, 0) is 7.05 Å². The number of carbonyl (C=O) groups is 1. The molecule has 3 heterocycles. The molecule has 1 aliphatic rings. The van der Waals surface area contributed by atoms with E-state index in [2.05, 4.69) is 46.6 Å². The van der Waals surface area contributed by atoms with Gasteiger partial charge in [0.15, 0.2) is 0 Å². The van der Waals surface area contributed by atoms with E-state index >= 15 is 0 Å². The summed E-state index contributed by atoms with van der Waals surface area (Å²) in [5.74, 6) is 0.594. The molecule has 30 heavy (non-hydrogen) atoms. The molecule has 1 unspecified atom stereocenters. The summed E-state index contributed by atoms with van der Waals surface area (Å²) in [5.41, 5.74) is 5.06. The molecular formula is C24H29BN4O. The number of nitrogens with zero attached hydrogens (tertiary/aromatic N) is 4. The van der Waals surface area contributed by atoms with Gasteiger partial charge in [-0.05, 0) is 62.5 Å².